The van der Waals surface area contributed by atoms with E-state index in [1.54, 1.807) is 43.5 Å². The molecule has 0 saturated carbocycles. The molecule has 31 heavy (non-hydrogen) atoms. The highest BCUT2D eigenvalue weighted by molar-refractivity contribution is 5.79. The zero-order chi connectivity index (χ0) is 21.8. The van der Waals surface area contributed by atoms with Gasteiger partial charge in [-0.25, -0.2) is 9.78 Å². The molecule has 1 fully saturated rings. The van der Waals surface area contributed by atoms with Crippen molar-refractivity contribution in [3.8, 4) is 5.75 Å². The maximum absolute atomic E-state index is 13.3. The van der Waals surface area contributed by atoms with Gasteiger partial charge in [0.05, 0.1) is 19.2 Å². The lowest BCUT2D eigenvalue weighted by molar-refractivity contribution is -0.131. The third-order valence-corrected chi connectivity index (χ3v) is 5.74. The van der Waals surface area contributed by atoms with Crippen LogP contribution in [0.25, 0.3) is 11.0 Å². The summed E-state index contributed by atoms with van der Waals surface area (Å²) < 4.78 is 7.69. The number of methoxy groups -OCH3 is 1. The fraction of sp³-hybridized carbons (Fsp3) is 0.391. The Morgan fingerprint density at radius 2 is 1.71 bits per heavy atom. The number of carbonyl (C=O) groups excluding carboxylic acids is 1. The maximum Gasteiger partial charge on any atom is 0.332 e. The highest BCUT2D eigenvalue weighted by Gasteiger charge is 2.20. The van der Waals surface area contributed by atoms with Crippen molar-refractivity contribution in [1.29, 1.82) is 0 Å². The zero-order valence-electron chi connectivity index (χ0n) is 17.6. The average Bonchev–Trinajstić information content (AvgIpc) is 3.09. The van der Waals surface area contributed by atoms with Crippen LogP contribution in [0.1, 0.15) is 31.2 Å². The Bertz CT molecular complexity index is 1190. The second kappa shape index (κ2) is 9.16. The van der Waals surface area contributed by atoms with Gasteiger partial charge in [-0.05, 0) is 42.7 Å². The first-order chi connectivity index (χ1) is 15.1. The summed E-state index contributed by atoms with van der Waals surface area (Å²) in [5, 5.41) is 0. The number of nitrogens with zero attached hydrogens (tertiary/aromatic N) is 4. The number of amides is 1. The van der Waals surface area contributed by atoms with Gasteiger partial charge in [0, 0.05) is 19.3 Å². The summed E-state index contributed by atoms with van der Waals surface area (Å²) in [6.07, 6.45) is 5.69. The van der Waals surface area contributed by atoms with Gasteiger partial charge >= 0.3 is 5.69 Å². The average molecular weight is 422 g/mol. The molecule has 1 aliphatic heterocycles. The van der Waals surface area contributed by atoms with Crippen LogP contribution in [-0.4, -0.2) is 45.1 Å². The van der Waals surface area contributed by atoms with Crippen molar-refractivity contribution >= 4 is 16.9 Å². The van der Waals surface area contributed by atoms with E-state index in [4.69, 9.17) is 4.74 Å². The number of hydrogen-bond acceptors (Lipinski definition) is 5. The van der Waals surface area contributed by atoms with Crippen LogP contribution in [0.2, 0.25) is 0 Å². The molecule has 0 bridgehead atoms. The minimum absolute atomic E-state index is 0.0894. The topological polar surface area (TPSA) is 86.4 Å². The summed E-state index contributed by atoms with van der Waals surface area (Å²) in [4.78, 5) is 45.4. The van der Waals surface area contributed by atoms with Gasteiger partial charge in [-0.2, -0.15) is 0 Å². The summed E-state index contributed by atoms with van der Waals surface area (Å²) in [6, 6.07) is 10.5. The molecule has 162 valence electrons. The van der Waals surface area contributed by atoms with Crippen LogP contribution in [-0.2, 0) is 17.9 Å². The second-order valence-electron chi connectivity index (χ2n) is 7.77. The van der Waals surface area contributed by atoms with E-state index >= 15 is 0 Å². The first-order valence-corrected chi connectivity index (χ1v) is 10.6. The Morgan fingerprint density at radius 1 is 1.00 bits per heavy atom. The monoisotopic (exact) mass is 422 g/mol. The predicted octanol–water partition coefficient (Wildman–Crippen LogP) is 2.02. The number of benzene rings is 1. The van der Waals surface area contributed by atoms with Crippen LogP contribution in [0.5, 0.6) is 5.75 Å². The third-order valence-electron chi connectivity index (χ3n) is 5.74. The van der Waals surface area contributed by atoms with Crippen molar-refractivity contribution in [2.45, 2.75) is 38.8 Å². The molecule has 4 rings (SSSR count). The minimum Gasteiger partial charge on any atom is -0.497 e. The Labute approximate surface area is 179 Å². The summed E-state index contributed by atoms with van der Waals surface area (Å²) >= 11 is 0. The van der Waals surface area contributed by atoms with E-state index in [0.29, 0.717) is 24.4 Å². The number of pyridine rings is 1. The van der Waals surface area contributed by atoms with Gasteiger partial charge < -0.3 is 9.64 Å². The molecule has 0 unspecified atom stereocenters. The quantitative estimate of drug-likeness (QED) is 0.628. The molecule has 0 radical (unpaired) electrons. The molecule has 2 aromatic heterocycles. The molecule has 8 nitrogen and oxygen atoms in total. The van der Waals surface area contributed by atoms with Crippen LogP contribution < -0.4 is 16.0 Å². The van der Waals surface area contributed by atoms with Gasteiger partial charge in [0.1, 0.15) is 12.3 Å². The van der Waals surface area contributed by atoms with E-state index in [-0.39, 0.29) is 24.5 Å². The normalized spacial score (nSPS) is 14.4. The molecule has 1 aliphatic rings. The van der Waals surface area contributed by atoms with Gasteiger partial charge in [0.25, 0.3) is 5.56 Å². The van der Waals surface area contributed by atoms with E-state index in [2.05, 4.69) is 4.98 Å². The van der Waals surface area contributed by atoms with E-state index in [1.165, 1.54) is 10.8 Å². The number of aromatic nitrogens is 3. The van der Waals surface area contributed by atoms with Crippen LogP contribution >= 0.6 is 0 Å². The molecular formula is C23H26N4O4. The molecule has 8 heteroatoms. The highest BCUT2D eigenvalue weighted by Crippen LogP contribution is 2.13. The molecule has 0 spiro atoms. The Hall–Kier alpha value is -3.42. The molecule has 0 aliphatic carbocycles. The molecular weight excluding hydrogens is 396 g/mol. The molecule has 3 aromatic rings. The number of hydrogen-bond donors (Lipinski definition) is 0. The maximum atomic E-state index is 13.3. The van der Waals surface area contributed by atoms with Gasteiger partial charge in [-0.1, -0.05) is 25.0 Å². The van der Waals surface area contributed by atoms with Gasteiger partial charge in [-0.15, -0.1) is 0 Å². The number of likely N-dealkylation sites (tertiary alicyclic amines) is 1. The third kappa shape index (κ3) is 4.38. The molecule has 1 aromatic carbocycles. The highest BCUT2D eigenvalue weighted by atomic mass is 16.5. The van der Waals surface area contributed by atoms with Crippen molar-refractivity contribution in [2.24, 2.45) is 0 Å². The SMILES string of the molecule is COc1ccc(Cn2c(=O)c3ncccc3n(CC(=O)N3CCCCCC3)c2=O)cc1. The summed E-state index contributed by atoms with van der Waals surface area (Å²) in [5.74, 6) is 0.584. The largest absolute Gasteiger partial charge is 0.497 e. The van der Waals surface area contributed by atoms with E-state index in [9.17, 15) is 14.4 Å². The van der Waals surface area contributed by atoms with Crippen molar-refractivity contribution in [1.82, 2.24) is 19.0 Å². The predicted molar refractivity (Wildman–Crippen MR) is 117 cm³/mol. The lowest BCUT2D eigenvalue weighted by Crippen LogP contribution is -2.44. The van der Waals surface area contributed by atoms with Gasteiger partial charge in [0.2, 0.25) is 5.91 Å². The van der Waals surface area contributed by atoms with E-state index in [0.717, 1.165) is 35.8 Å². The van der Waals surface area contributed by atoms with E-state index < -0.39 is 11.2 Å². The number of carbonyl (C=O) groups is 1. The molecule has 1 amide bonds. The Balaban J connectivity index is 1.74. The summed E-state index contributed by atoms with van der Waals surface area (Å²) in [7, 11) is 1.58. The first-order valence-electron chi connectivity index (χ1n) is 10.6. The molecule has 1 saturated heterocycles. The fourth-order valence-corrected chi connectivity index (χ4v) is 4.00. The Kier molecular flexibility index (Phi) is 6.16. The lowest BCUT2D eigenvalue weighted by Gasteiger charge is -2.21. The zero-order valence-corrected chi connectivity index (χ0v) is 17.6. The van der Waals surface area contributed by atoms with E-state index in [1.807, 2.05) is 4.90 Å². The van der Waals surface area contributed by atoms with Gasteiger partial charge in [-0.3, -0.25) is 18.7 Å². The van der Waals surface area contributed by atoms with Crippen LogP contribution in [0.15, 0.2) is 52.2 Å². The van der Waals surface area contributed by atoms with Crippen LogP contribution in [0.4, 0.5) is 0 Å². The van der Waals surface area contributed by atoms with Crippen LogP contribution in [0, 0.1) is 0 Å². The van der Waals surface area contributed by atoms with Crippen molar-refractivity contribution in [3.05, 3.63) is 69.0 Å². The number of ether oxygens (including phenoxy) is 1. The minimum atomic E-state index is -0.510. The molecule has 3 heterocycles. The van der Waals surface area contributed by atoms with Crippen molar-refractivity contribution in [3.63, 3.8) is 0 Å². The fourth-order valence-electron chi connectivity index (χ4n) is 4.00. The Morgan fingerprint density at radius 3 is 2.39 bits per heavy atom. The second-order valence-corrected chi connectivity index (χ2v) is 7.77. The molecule has 0 N–H and O–H groups in total. The lowest BCUT2D eigenvalue weighted by atomic mass is 10.2. The first kappa shape index (κ1) is 20.8. The standard InChI is InChI=1S/C23H26N4O4/c1-31-18-10-8-17(9-11-18)15-27-22(29)21-19(7-6-12-24-21)26(23(27)30)16-20(28)25-13-4-2-3-5-14-25/h6-12H,2-5,13-16H2,1H3. The number of fused-ring (bicyclic) bond motifs is 1. The van der Waals surface area contributed by atoms with Crippen LogP contribution in [0.3, 0.4) is 0 Å². The molecule has 0 atom stereocenters. The smallest absolute Gasteiger partial charge is 0.332 e. The summed E-state index contributed by atoms with van der Waals surface area (Å²) in [6.45, 7) is 1.39. The number of rotatable bonds is 5. The summed E-state index contributed by atoms with van der Waals surface area (Å²) in [5.41, 5.74) is 0.367. The van der Waals surface area contributed by atoms with Gasteiger partial charge in [0.15, 0.2) is 5.52 Å². The van der Waals surface area contributed by atoms with Crippen molar-refractivity contribution < 1.29 is 9.53 Å². The van der Waals surface area contributed by atoms with Crippen molar-refractivity contribution in [2.75, 3.05) is 20.2 Å².